The highest BCUT2D eigenvalue weighted by atomic mass is 16.7. The lowest BCUT2D eigenvalue weighted by Gasteiger charge is -2.32. The predicted octanol–water partition coefficient (Wildman–Crippen LogP) is 2.64. The van der Waals surface area contributed by atoms with Crippen LogP contribution in [0.25, 0.3) is 0 Å². The molecule has 3 heterocycles. The number of nitrogens with one attached hydrogen (secondary N) is 1. The Balaban J connectivity index is 1.85. The predicted molar refractivity (Wildman–Crippen MR) is 102 cm³/mol. The molecule has 2 aromatic heterocycles. The molecule has 136 valence electrons. The van der Waals surface area contributed by atoms with Crippen LogP contribution in [0.15, 0.2) is 30.5 Å². The fraction of sp³-hybridized carbons (Fsp3) is 0.421. The molecule has 0 saturated carbocycles. The van der Waals surface area contributed by atoms with E-state index >= 15 is 0 Å². The van der Waals surface area contributed by atoms with Crippen molar-refractivity contribution in [1.29, 1.82) is 0 Å². The number of anilines is 1. The molecule has 26 heavy (non-hydrogen) atoms. The summed E-state index contributed by atoms with van der Waals surface area (Å²) in [6.07, 6.45) is 1.66. The number of aryl methyl sites for hydroxylation is 2. The Morgan fingerprint density at radius 1 is 1.04 bits per heavy atom. The normalized spacial score (nSPS) is 18.0. The van der Waals surface area contributed by atoms with Crippen LogP contribution in [0, 0.1) is 13.8 Å². The third kappa shape index (κ3) is 3.64. The lowest BCUT2D eigenvalue weighted by molar-refractivity contribution is 0.00578. The second-order valence-electron chi connectivity index (χ2n) is 7.66. The SMILES string of the molecule is Cc1cc(NC(=O)c2cc(B3OC(C)(C)C(C)(C)O3)cc(C)n2)ccn1. The zero-order valence-corrected chi connectivity index (χ0v) is 16.1. The molecule has 0 unspecified atom stereocenters. The van der Waals surface area contributed by atoms with Crippen LogP contribution in [0.3, 0.4) is 0 Å². The highest BCUT2D eigenvalue weighted by Gasteiger charge is 2.51. The van der Waals surface area contributed by atoms with E-state index < -0.39 is 18.3 Å². The topological polar surface area (TPSA) is 73.3 Å². The Bertz CT molecular complexity index is 836. The Hall–Kier alpha value is -2.25. The van der Waals surface area contributed by atoms with Crippen molar-refractivity contribution in [3.8, 4) is 0 Å². The van der Waals surface area contributed by atoms with Gasteiger partial charge in [-0.25, -0.2) is 4.98 Å². The van der Waals surface area contributed by atoms with Gasteiger partial charge in [0.25, 0.3) is 5.91 Å². The molecule has 0 spiro atoms. The first-order valence-corrected chi connectivity index (χ1v) is 8.66. The highest BCUT2D eigenvalue weighted by molar-refractivity contribution is 6.62. The number of hydrogen-bond acceptors (Lipinski definition) is 5. The zero-order valence-electron chi connectivity index (χ0n) is 16.1. The van der Waals surface area contributed by atoms with Gasteiger partial charge < -0.3 is 14.6 Å². The summed E-state index contributed by atoms with van der Waals surface area (Å²) in [5, 5.41) is 2.85. The molecule has 7 heteroatoms. The number of carbonyl (C=O) groups excluding carboxylic acids is 1. The van der Waals surface area contributed by atoms with Crippen molar-refractivity contribution in [2.45, 2.75) is 52.7 Å². The van der Waals surface area contributed by atoms with Crippen molar-refractivity contribution in [1.82, 2.24) is 9.97 Å². The monoisotopic (exact) mass is 353 g/mol. The molecule has 0 aliphatic carbocycles. The number of pyridine rings is 2. The van der Waals surface area contributed by atoms with Crippen molar-refractivity contribution in [2.24, 2.45) is 0 Å². The first-order valence-electron chi connectivity index (χ1n) is 8.66. The maximum Gasteiger partial charge on any atom is 0.494 e. The zero-order chi connectivity index (χ0) is 19.1. The van der Waals surface area contributed by atoms with E-state index in [9.17, 15) is 4.79 Å². The Morgan fingerprint density at radius 2 is 1.69 bits per heavy atom. The number of amides is 1. The summed E-state index contributed by atoms with van der Waals surface area (Å²) in [5.41, 5.74) is 2.48. The number of carbonyl (C=O) groups is 1. The number of hydrogen-bond donors (Lipinski definition) is 1. The molecule has 0 bridgehead atoms. The first-order chi connectivity index (χ1) is 12.1. The van der Waals surface area contributed by atoms with E-state index in [0.717, 1.165) is 16.9 Å². The van der Waals surface area contributed by atoms with Crippen LogP contribution in [-0.4, -0.2) is 34.2 Å². The fourth-order valence-electron chi connectivity index (χ4n) is 2.75. The quantitative estimate of drug-likeness (QED) is 0.859. The van der Waals surface area contributed by atoms with E-state index in [2.05, 4.69) is 15.3 Å². The first kappa shape index (κ1) is 18.5. The standard InChI is InChI=1S/C19H24BN3O3/c1-12-10-15(7-8-21-12)23-17(24)16-11-14(9-13(2)22-16)20-25-18(3,4)19(5,6)26-20/h7-11H,1-6H3,(H,21,23,24). The molecule has 6 nitrogen and oxygen atoms in total. The smallest absolute Gasteiger partial charge is 0.399 e. The Labute approximate surface area is 154 Å². The van der Waals surface area contributed by atoms with Crippen LogP contribution in [0.4, 0.5) is 5.69 Å². The molecular formula is C19H24BN3O3. The third-order valence-corrected chi connectivity index (χ3v) is 4.89. The molecule has 0 aromatic carbocycles. The minimum absolute atomic E-state index is 0.280. The van der Waals surface area contributed by atoms with E-state index in [-0.39, 0.29) is 5.91 Å². The van der Waals surface area contributed by atoms with Gasteiger partial charge in [0.15, 0.2) is 0 Å². The summed E-state index contributed by atoms with van der Waals surface area (Å²) in [7, 11) is -0.531. The van der Waals surface area contributed by atoms with Gasteiger partial charge in [-0.1, -0.05) is 0 Å². The molecule has 0 atom stereocenters. The minimum Gasteiger partial charge on any atom is -0.399 e. The molecular weight excluding hydrogens is 329 g/mol. The molecule has 1 saturated heterocycles. The Morgan fingerprint density at radius 3 is 2.31 bits per heavy atom. The van der Waals surface area contributed by atoms with Crippen molar-refractivity contribution < 1.29 is 14.1 Å². The molecule has 3 rings (SSSR count). The number of rotatable bonds is 3. The van der Waals surface area contributed by atoms with Gasteiger partial charge in [0.05, 0.1) is 11.2 Å². The van der Waals surface area contributed by atoms with Crippen LogP contribution < -0.4 is 10.8 Å². The van der Waals surface area contributed by atoms with E-state index in [1.54, 1.807) is 18.3 Å². The summed E-state index contributed by atoms with van der Waals surface area (Å²) in [6, 6.07) is 7.16. The van der Waals surface area contributed by atoms with E-state index in [1.165, 1.54) is 0 Å². The molecule has 1 fully saturated rings. The molecule has 1 aliphatic rings. The summed E-state index contributed by atoms with van der Waals surface area (Å²) >= 11 is 0. The van der Waals surface area contributed by atoms with Crippen LogP contribution in [-0.2, 0) is 9.31 Å². The van der Waals surface area contributed by atoms with Crippen LogP contribution in [0.5, 0.6) is 0 Å². The van der Waals surface area contributed by atoms with Gasteiger partial charge in [0, 0.05) is 23.3 Å². The summed E-state index contributed by atoms with van der Waals surface area (Å²) < 4.78 is 12.2. The second kappa shape index (κ2) is 6.48. The van der Waals surface area contributed by atoms with Gasteiger partial charge in [-0.15, -0.1) is 0 Å². The number of aromatic nitrogens is 2. The maximum atomic E-state index is 12.6. The molecule has 1 aliphatic heterocycles. The average molecular weight is 353 g/mol. The van der Waals surface area contributed by atoms with Crippen molar-refractivity contribution in [3.63, 3.8) is 0 Å². The Kier molecular flexibility index (Phi) is 4.62. The molecule has 2 aromatic rings. The summed E-state index contributed by atoms with van der Waals surface area (Å²) in [4.78, 5) is 21.1. The number of nitrogens with zero attached hydrogens (tertiary/aromatic N) is 2. The molecule has 1 N–H and O–H groups in total. The second-order valence-corrected chi connectivity index (χ2v) is 7.66. The van der Waals surface area contributed by atoms with E-state index in [0.29, 0.717) is 11.4 Å². The fourth-order valence-corrected chi connectivity index (χ4v) is 2.75. The van der Waals surface area contributed by atoms with Crippen LogP contribution >= 0.6 is 0 Å². The highest BCUT2D eigenvalue weighted by Crippen LogP contribution is 2.36. The maximum absolute atomic E-state index is 12.6. The van der Waals surface area contributed by atoms with Gasteiger partial charge >= 0.3 is 7.12 Å². The molecule has 1 amide bonds. The van der Waals surface area contributed by atoms with Gasteiger partial charge in [-0.2, -0.15) is 0 Å². The van der Waals surface area contributed by atoms with Gasteiger partial charge in [0.2, 0.25) is 0 Å². The largest absolute Gasteiger partial charge is 0.494 e. The van der Waals surface area contributed by atoms with E-state index in [4.69, 9.17) is 9.31 Å². The van der Waals surface area contributed by atoms with Gasteiger partial charge in [-0.3, -0.25) is 9.78 Å². The lowest BCUT2D eigenvalue weighted by Crippen LogP contribution is -2.41. The van der Waals surface area contributed by atoms with Crippen molar-refractivity contribution in [3.05, 3.63) is 47.5 Å². The molecule has 0 radical (unpaired) electrons. The average Bonchev–Trinajstić information content (AvgIpc) is 2.75. The van der Waals surface area contributed by atoms with Crippen molar-refractivity contribution >= 4 is 24.2 Å². The van der Waals surface area contributed by atoms with E-state index in [1.807, 2.05) is 53.7 Å². The third-order valence-electron chi connectivity index (χ3n) is 4.89. The van der Waals surface area contributed by atoms with Gasteiger partial charge in [-0.05, 0) is 71.3 Å². The summed E-state index contributed by atoms with van der Waals surface area (Å²) in [6.45, 7) is 11.7. The minimum atomic E-state index is -0.531. The summed E-state index contributed by atoms with van der Waals surface area (Å²) in [5.74, 6) is -0.280. The lowest BCUT2D eigenvalue weighted by atomic mass is 9.79. The van der Waals surface area contributed by atoms with Crippen LogP contribution in [0.2, 0.25) is 0 Å². The van der Waals surface area contributed by atoms with Gasteiger partial charge in [0.1, 0.15) is 5.69 Å². The van der Waals surface area contributed by atoms with Crippen LogP contribution in [0.1, 0.15) is 49.6 Å². The van der Waals surface area contributed by atoms with Crippen molar-refractivity contribution in [2.75, 3.05) is 5.32 Å².